The van der Waals surface area contributed by atoms with Gasteiger partial charge in [0.1, 0.15) is 5.75 Å². The van der Waals surface area contributed by atoms with Crippen LogP contribution in [0.5, 0.6) is 5.75 Å². The number of amides is 2. The maximum absolute atomic E-state index is 12.2. The molecule has 1 aromatic rings. The van der Waals surface area contributed by atoms with Gasteiger partial charge >= 0.3 is 0 Å². The Kier molecular flexibility index (Phi) is 6.05. The highest BCUT2D eigenvalue weighted by Crippen LogP contribution is 2.28. The maximum atomic E-state index is 12.2. The predicted molar refractivity (Wildman–Crippen MR) is 86.3 cm³/mol. The van der Waals surface area contributed by atoms with E-state index in [2.05, 4.69) is 21.4 Å². The number of nitrogens with two attached hydrogens (primary N) is 1. The van der Waals surface area contributed by atoms with Crippen LogP contribution in [0.1, 0.15) is 12.8 Å². The molecule has 2 rings (SSSR count). The van der Waals surface area contributed by atoms with Gasteiger partial charge in [0.25, 0.3) is 5.91 Å². The Bertz CT molecular complexity index is 570. The second-order valence-electron chi connectivity index (χ2n) is 5.05. The van der Waals surface area contributed by atoms with E-state index in [0.717, 1.165) is 12.8 Å². The van der Waals surface area contributed by atoms with Crippen molar-refractivity contribution in [3.8, 4) is 5.75 Å². The summed E-state index contributed by atoms with van der Waals surface area (Å²) in [7, 11) is 0. The number of hydrogen-bond donors (Lipinski definition) is 2. The number of ether oxygens (including phenoxy) is 1. The fraction of sp³-hybridized carbons (Fsp3) is 0.429. The zero-order chi connectivity index (χ0) is 16.1. The van der Waals surface area contributed by atoms with Gasteiger partial charge in [-0.3, -0.25) is 15.0 Å². The van der Waals surface area contributed by atoms with E-state index in [1.165, 1.54) is 0 Å². The van der Waals surface area contributed by atoms with Gasteiger partial charge < -0.3 is 9.64 Å². The van der Waals surface area contributed by atoms with E-state index >= 15 is 0 Å². The molecule has 120 valence electrons. The van der Waals surface area contributed by atoms with Crippen molar-refractivity contribution in [3.63, 3.8) is 0 Å². The number of benzene rings is 1. The number of carbonyl (C=O) groups is 2. The van der Waals surface area contributed by atoms with Gasteiger partial charge in [0.15, 0.2) is 6.61 Å². The molecule has 1 heterocycles. The molecule has 6 nitrogen and oxygen atoms in total. The molecule has 1 aliphatic heterocycles. The molecule has 3 N–H and O–H groups in total. The molecule has 1 aliphatic rings. The molecule has 1 unspecified atom stereocenters. The monoisotopic (exact) mass is 389 g/mol. The van der Waals surface area contributed by atoms with E-state index in [-0.39, 0.29) is 24.3 Å². The summed E-state index contributed by atoms with van der Waals surface area (Å²) in [5.41, 5.74) is 2.14. The number of hydrazine groups is 1. The molecule has 1 atom stereocenters. The summed E-state index contributed by atoms with van der Waals surface area (Å²) in [4.78, 5) is 25.4. The Hall–Kier alpha value is -1.31. The van der Waals surface area contributed by atoms with Crippen LogP contribution in [0.4, 0.5) is 0 Å². The quantitative estimate of drug-likeness (QED) is 0.466. The van der Waals surface area contributed by atoms with Crippen LogP contribution in [-0.4, -0.2) is 36.4 Å². The first-order valence-corrected chi connectivity index (χ1v) is 8.04. The lowest BCUT2D eigenvalue weighted by Gasteiger charge is -2.31. The van der Waals surface area contributed by atoms with E-state index in [4.69, 9.17) is 22.2 Å². The molecule has 0 aromatic heterocycles. The highest BCUT2D eigenvalue weighted by Gasteiger charge is 2.28. The molecule has 0 saturated carbocycles. The number of carbonyl (C=O) groups excluding carboxylic acids is 2. The average Bonchev–Trinajstić information content (AvgIpc) is 2.53. The van der Waals surface area contributed by atoms with Crippen LogP contribution < -0.4 is 16.0 Å². The summed E-state index contributed by atoms with van der Waals surface area (Å²) in [6, 6.07) is 5.08. The fourth-order valence-electron chi connectivity index (χ4n) is 2.36. The maximum Gasteiger partial charge on any atom is 0.260 e. The second kappa shape index (κ2) is 7.80. The van der Waals surface area contributed by atoms with Crippen molar-refractivity contribution in [2.24, 2.45) is 11.8 Å². The summed E-state index contributed by atoms with van der Waals surface area (Å²) in [6.45, 7) is 0.905. The first kappa shape index (κ1) is 17.1. The number of piperidine rings is 1. The van der Waals surface area contributed by atoms with Crippen LogP contribution in [-0.2, 0) is 9.59 Å². The first-order chi connectivity index (χ1) is 10.5. The van der Waals surface area contributed by atoms with E-state index in [9.17, 15) is 9.59 Å². The van der Waals surface area contributed by atoms with Crippen LogP contribution in [0.25, 0.3) is 0 Å². The molecule has 1 fully saturated rings. The summed E-state index contributed by atoms with van der Waals surface area (Å²) < 4.78 is 6.19. The smallest absolute Gasteiger partial charge is 0.260 e. The zero-order valence-corrected chi connectivity index (χ0v) is 14.2. The minimum absolute atomic E-state index is 0.0861. The molecule has 1 saturated heterocycles. The molecular weight excluding hydrogens is 374 g/mol. The van der Waals surface area contributed by atoms with Crippen LogP contribution in [0.3, 0.4) is 0 Å². The molecule has 1 aromatic carbocycles. The second-order valence-corrected chi connectivity index (χ2v) is 6.34. The van der Waals surface area contributed by atoms with Gasteiger partial charge in [0.05, 0.1) is 10.4 Å². The van der Waals surface area contributed by atoms with Crippen molar-refractivity contribution in [2.45, 2.75) is 12.8 Å². The molecule has 0 radical (unpaired) electrons. The van der Waals surface area contributed by atoms with Crippen LogP contribution in [0.2, 0.25) is 5.02 Å². The molecule has 22 heavy (non-hydrogen) atoms. The lowest BCUT2D eigenvalue weighted by Crippen LogP contribution is -2.48. The molecule has 2 amide bonds. The minimum Gasteiger partial charge on any atom is -0.483 e. The third kappa shape index (κ3) is 4.34. The standard InChI is InChI=1S/C14H17BrClN3O3/c15-11-6-10(16)3-4-12(11)22-8-13(20)19-5-1-2-9(7-19)14(21)18-17/h3-4,6,9H,1-2,5,7-8,17H2,(H,18,21). The fourth-order valence-corrected chi connectivity index (χ4v) is 3.16. The number of hydrogen-bond acceptors (Lipinski definition) is 4. The van der Waals surface area contributed by atoms with Crippen molar-refractivity contribution in [1.29, 1.82) is 0 Å². The lowest BCUT2D eigenvalue weighted by molar-refractivity contribution is -0.137. The molecule has 8 heteroatoms. The Morgan fingerprint density at radius 1 is 1.50 bits per heavy atom. The lowest BCUT2D eigenvalue weighted by atomic mass is 9.97. The number of likely N-dealkylation sites (tertiary alicyclic amines) is 1. The third-order valence-electron chi connectivity index (χ3n) is 3.53. The van der Waals surface area contributed by atoms with E-state index < -0.39 is 0 Å². The van der Waals surface area contributed by atoms with Crippen molar-refractivity contribution >= 4 is 39.3 Å². The van der Waals surface area contributed by atoms with Gasteiger partial charge in [-0.1, -0.05) is 11.6 Å². The zero-order valence-electron chi connectivity index (χ0n) is 11.9. The van der Waals surface area contributed by atoms with Gasteiger partial charge in [-0.05, 0) is 47.0 Å². The Labute approximate surface area is 142 Å². The largest absolute Gasteiger partial charge is 0.483 e. The van der Waals surface area contributed by atoms with Gasteiger partial charge in [-0.2, -0.15) is 0 Å². The van der Waals surface area contributed by atoms with Crippen LogP contribution in [0.15, 0.2) is 22.7 Å². The van der Waals surface area contributed by atoms with Crippen molar-refractivity contribution in [1.82, 2.24) is 10.3 Å². The summed E-state index contributed by atoms with van der Waals surface area (Å²) in [5, 5.41) is 0.581. The topological polar surface area (TPSA) is 84.7 Å². The Morgan fingerprint density at radius 3 is 2.95 bits per heavy atom. The SMILES string of the molecule is NNC(=O)C1CCCN(C(=O)COc2ccc(Cl)cc2Br)C1. The molecule has 0 bridgehead atoms. The summed E-state index contributed by atoms with van der Waals surface area (Å²) in [5.74, 6) is 5.04. The van der Waals surface area contributed by atoms with E-state index in [1.54, 1.807) is 23.1 Å². The Balaban J connectivity index is 1.90. The summed E-state index contributed by atoms with van der Waals surface area (Å²) in [6.07, 6.45) is 1.50. The minimum atomic E-state index is -0.259. The van der Waals surface area contributed by atoms with E-state index in [1.807, 2.05) is 0 Å². The Morgan fingerprint density at radius 2 is 2.27 bits per heavy atom. The highest BCUT2D eigenvalue weighted by molar-refractivity contribution is 9.10. The molecule has 0 aliphatic carbocycles. The normalized spacial score (nSPS) is 18.0. The van der Waals surface area contributed by atoms with Crippen molar-refractivity contribution in [3.05, 3.63) is 27.7 Å². The highest BCUT2D eigenvalue weighted by atomic mass is 79.9. The van der Waals surface area contributed by atoms with Crippen molar-refractivity contribution in [2.75, 3.05) is 19.7 Å². The van der Waals surface area contributed by atoms with Crippen LogP contribution >= 0.6 is 27.5 Å². The molecular formula is C14H17BrClN3O3. The summed E-state index contributed by atoms with van der Waals surface area (Å²) >= 11 is 9.18. The van der Waals surface area contributed by atoms with Gasteiger partial charge in [-0.15, -0.1) is 0 Å². The number of nitrogens with one attached hydrogen (secondary N) is 1. The number of rotatable bonds is 4. The van der Waals surface area contributed by atoms with E-state index in [0.29, 0.717) is 28.3 Å². The predicted octanol–water partition coefficient (Wildman–Crippen LogP) is 1.71. The average molecular weight is 391 g/mol. The van der Waals surface area contributed by atoms with Gasteiger partial charge in [0.2, 0.25) is 5.91 Å². The van der Waals surface area contributed by atoms with Gasteiger partial charge in [0, 0.05) is 18.1 Å². The molecule has 0 spiro atoms. The number of halogens is 2. The van der Waals surface area contributed by atoms with Gasteiger partial charge in [-0.25, -0.2) is 5.84 Å². The van der Waals surface area contributed by atoms with Crippen molar-refractivity contribution < 1.29 is 14.3 Å². The first-order valence-electron chi connectivity index (χ1n) is 6.87. The number of nitrogens with zero attached hydrogens (tertiary/aromatic N) is 1. The third-order valence-corrected chi connectivity index (χ3v) is 4.39. The van der Waals surface area contributed by atoms with Crippen LogP contribution in [0, 0.1) is 5.92 Å².